The van der Waals surface area contributed by atoms with Crippen molar-refractivity contribution in [1.82, 2.24) is 19.5 Å². The molecule has 0 bridgehead atoms. The van der Waals surface area contributed by atoms with Crippen molar-refractivity contribution in [1.29, 1.82) is 0 Å². The number of ether oxygens (including phenoxy) is 1. The molecule has 0 amide bonds. The van der Waals surface area contributed by atoms with Gasteiger partial charge < -0.3 is 20.7 Å². The van der Waals surface area contributed by atoms with Crippen molar-refractivity contribution in [2.45, 2.75) is 24.9 Å². The van der Waals surface area contributed by atoms with Gasteiger partial charge in [0.1, 0.15) is 24.2 Å². The van der Waals surface area contributed by atoms with Gasteiger partial charge in [-0.2, -0.15) is 0 Å². The van der Waals surface area contributed by atoms with Crippen LogP contribution in [0.25, 0.3) is 11.2 Å². The first-order valence-electron chi connectivity index (χ1n) is 5.58. The number of aliphatic hydroxyl groups excluding tert-OH is 2. The van der Waals surface area contributed by atoms with E-state index in [-0.39, 0.29) is 6.61 Å². The Balaban J connectivity index is 1.99. The SMILES string of the molecule is Nc1ncnc2c1ncn2[C@H]1C[13C@H](O)[C@@H](CO)O1. The van der Waals surface area contributed by atoms with E-state index >= 15 is 0 Å². The predicted octanol–water partition coefficient (Wildman–Crippen LogP) is -0.951. The van der Waals surface area contributed by atoms with E-state index < -0.39 is 18.4 Å². The molecule has 1 fully saturated rings. The van der Waals surface area contributed by atoms with Crippen molar-refractivity contribution in [2.24, 2.45) is 0 Å². The van der Waals surface area contributed by atoms with Gasteiger partial charge in [-0.25, -0.2) is 15.0 Å². The van der Waals surface area contributed by atoms with E-state index in [1.807, 2.05) is 0 Å². The first-order valence-corrected chi connectivity index (χ1v) is 5.58. The fraction of sp³-hybridized carbons (Fsp3) is 0.500. The lowest BCUT2D eigenvalue weighted by Gasteiger charge is -2.13. The molecule has 1 aliphatic heterocycles. The fourth-order valence-corrected chi connectivity index (χ4v) is 2.13. The Bertz CT molecular complexity index is 572. The van der Waals surface area contributed by atoms with Crippen LogP contribution in [0.5, 0.6) is 0 Å². The molecule has 1 aliphatic rings. The van der Waals surface area contributed by atoms with Crippen LogP contribution in [0.2, 0.25) is 0 Å². The average molecular weight is 252 g/mol. The van der Waals surface area contributed by atoms with E-state index in [1.165, 1.54) is 6.33 Å². The number of rotatable bonds is 2. The lowest BCUT2D eigenvalue weighted by molar-refractivity contribution is -0.0432. The maximum absolute atomic E-state index is 9.71. The van der Waals surface area contributed by atoms with Crippen LogP contribution in [0.15, 0.2) is 12.7 Å². The molecule has 2 aromatic heterocycles. The Morgan fingerprint density at radius 1 is 1.44 bits per heavy atom. The molecule has 8 nitrogen and oxygen atoms in total. The van der Waals surface area contributed by atoms with Crippen molar-refractivity contribution in [2.75, 3.05) is 12.3 Å². The van der Waals surface area contributed by atoms with E-state index in [0.29, 0.717) is 23.4 Å². The zero-order valence-electron chi connectivity index (χ0n) is 9.47. The number of hydrogen-bond acceptors (Lipinski definition) is 7. The maximum Gasteiger partial charge on any atom is 0.167 e. The normalized spacial score (nSPS) is 28.0. The summed E-state index contributed by atoms with van der Waals surface area (Å²) in [6.45, 7) is -0.221. The quantitative estimate of drug-likeness (QED) is 0.589. The summed E-state index contributed by atoms with van der Waals surface area (Å²) >= 11 is 0. The minimum Gasteiger partial charge on any atom is -0.394 e. The van der Waals surface area contributed by atoms with Gasteiger partial charge in [0, 0.05) is 6.42 Å². The second-order valence-electron chi connectivity index (χ2n) is 4.20. The largest absolute Gasteiger partial charge is 0.394 e. The minimum atomic E-state index is -0.698. The summed E-state index contributed by atoms with van der Waals surface area (Å²) in [4.78, 5) is 12.1. The Hall–Kier alpha value is -1.77. The number of nitrogen functional groups attached to an aromatic ring is 1. The van der Waals surface area contributed by atoms with Gasteiger partial charge in [0.2, 0.25) is 0 Å². The summed E-state index contributed by atoms with van der Waals surface area (Å²) in [7, 11) is 0. The van der Waals surface area contributed by atoms with Gasteiger partial charge in [-0.3, -0.25) is 4.57 Å². The first kappa shape index (κ1) is 11.3. The summed E-state index contributed by atoms with van der Waals surface area (Å²) in [6.07, 6.45) is 1.60. The number of nitrogens with zero attached hydrogens (tertiary/aromatic N) is 4. The molecular weight excluding hydrogens is 239 g/mol. The summed E-state index contributed by atoms with van der Waals surface area (Å²) in [5.74, 6) is 0.302. The summed E-state index contributed by atoms with van der Waals surface area (Å²) in [5, 5.41) is 18.8. The van der Waals surface area contributed by atoms with Gasteiger partial charge >= 0.3 is 0 Å². The molecule has 0 aromatic carbocycles. The maximum atomic E-state index is 9.71. The van der Waals surface area contributed by atoms with Crippen molar-refractivity contribution >= 4 is 17.0 Å². The highest BCUT2D eigenvalue weighted by Crippen LogP contribution is 2.30. The molecule has 1 saturated heterocycles. The van der Waals surface area contributed by atoms with Crippen molar-refractivity contribution in [3.8, 4) is 0 Å². The third kappa shape index (κ3) is 1.62. The van der Waals surface area contributed by atoms with E-state index in [2.05, 4.69) is 15.0 Å². The van der Waals surface area contributed by atoms with Gasteiger partial charge in [0.25, 0.3) is 0 Å². The minimum absolute atomic E-state index is 0.221. The third-order valence-corrected chi connectivity index (χ3v) is 3.08. The second-order valence-corrected chi connectivity index (χ2v) is 4.20. The number of anilines is 1. The van der Waals surface area contributed by atoms with Crippen LogP contribution >= 0.6 is 0 Å². The second kappa shape index (κ2) is 4.16. The van der Waals surface area contributed by atoms with E-state index in [4.69, 9.17) is 15.6 Å². The number of imidazole rings is 1. The molecule has 96 valence electrons. The lowest BCUT2D eigenvalue weighted by Crippen LogP contribution is -2.24. The van der Waals surface area contributed by atoms with Gasteiger partial charge in [-0.05, 0) is 0 Å². The van der Waals surface area contributed by atoms with E-state index in [1.54, 1.807) is 10.9 Å². The number of aromatic nitrogens is 4. The topological polar surface area (TPSA) is 119 Å². The standard InChI is InChI=1S/C10H13N5O3/c11-9-8-10(13-3-12-9)15(4-14-8)7-1-5(17)6(2-16)18-7/h3-7,16-17H,1-2H2,(H2,11,12,13)/t5-,6+,7+/m0/s1/i5+1. The lowest BCUT2D eigenvalue weighted by atomic mass is 10.4. The predicted molar refractivity (Wildman–Crippen MR) is 61.4 cm³/mol. The molecule has 0 saturated carbocycles. The van der Waals surface area contributed by atoms with Crippen molar-refractivity contribution in [3.63, 3.8) is 0 Å². The van der Waals surface area contributed by atoms with Crippen LogP contribution in [0, 0.1) is 0 Å². The van der Waals surface area contributed by atoms with E-state index in [0.717, 1.165) is 0 Å². The summed E-state index contributed by atoms with van der Waals surface area (Å²) in [5.41, 5.74) is 6.75. The van der Waals surface area contributed by atoms with E-state index in [9.17, 15) is 5.11 Å². The molecule has 4 N–H and O–H groups in total. The van der Waals surface area contributed by atoms with Crippen LogP contribution in [0.3, 0.4) is 0 Å². The van der Waals surface area contributed by atoms with Crippen molar-refractivity contribution in [3.05, 3.63) is 12.7 Å². The Morgan fingerprint density at radius 2 is 2.28 bits per heavy atom. The monoisotopic (exact) mass is 252 g/mol. The molecule has 2 aromatic rings. The summed E-state index contributed by atoms with van der Waals surface area (Å²) < 4.78 is 7.22. The van der Waals surface area contributed by atoms with Crippen LogP contribution in [-0.2, 0) is 4.74 Å². The number of hydrogen-bond donors (Lipinski definition) is 3. The highest BCUT2D eigenvalue weighted by molar-refractivity contribution is 5.81. The molecule has 0 spiro atoms. The molecule has 0 unspecified atom stereocenters. The van der Waals surface area contributed by atoms with Gasteiger partial charge in [0.05, 0.1) is 19.0 Å². The fourth-order valence-electron chi connectivity index (χ4n) is 2.13. The summed E-state index contributed by atoms with van der Waals surface area (Å²) in [6, 6.07) is 0. The molecule has 0 radical (unpaired) electrons. The van der Waals surface area contributed by atoms with Gasteiger partial charge in [-0.15, -0.1) is 0 Å². The molecule has 3 atom stereocenters. The Kier molecular flexibility index (Phi) is 2.62. The van der Waals surface area contributed by atoms with Crippen LogP contribution < -0.4 is 5.73 Å². The number of nitrogens with two attached hydrogens (primary N) is 1. The molecule has 3 heterocycles. The van der Waals surface area contributed by atoms with Crippen LogP contribution in [0.1, 0.15) is 12.6 Å². The zero-order chi connectivity index (χ0) is 12.7. The van der Waals surface area contributed by atoms with Crippen LogP contribution in [-0.4, -0.2) is 48.5 Å². The molecule has 8 heteroatoms. The molecule has 0 aliphatic carbocycles. The smallest absolute Gasteiger partial charge is 0.167 e. The highest BCUT2D eigenvalue weighted by Gasteiger charge is 2.35. The number of aliphatic hydroxyl groups is 2. The van der Waals surface area contributed by atoms with Crippen molar-refractivity contribution < 1.29 is 14.9 Å². The highest BCUT2D eigenvalue weighted by atomic mass is 16.6. The molecule has 3 rings (SSSR count). The first-order chi connectivity index (χ1) is 8.70. The average Bonchev–Trinajstić information content (AvgIpc) is 2.93. The Morgan fingerprint density at radius 3 is 3.00 bits per heavy atom. The molecular formula is C10H13N5O3. The third-order valence-electron chi connectivity index (χ3n) is 3.08. The van der Waals surface area contributed by atoms with Crippen LogP contribution in [0.4, 0.5) is 5.82 Å². The number of fused-ring (bicyclic) bond motifs is 1. The molecule has 18 heavy (non-hydrogen) atoms. The Labute approximate surface area is 102 Å². The van der Waals surface area contributed by atoms with Gasteiger partial charge in [-0.1, -0.05) is 0 Å². The van der Waals surface area contributed by atoms with Gasteiger partial charge in [0.15, 0.2) is 11.5 Å². The zero-order valence-corrected chi connectivity index (χ0v) is 9.47.